The van der Waals surface area contributed by atoms with Gasteiger partial charge in [-0.2, -0.15) is 13.2 Å². The largest absolute Gasteiger partial charge is 0.415 e. The first kappa shape index (κ1) is 16.9. The van der Waals surface area contributed by atoms with Crippen molar-refractivity contribution >= 4 is 9.84 Å². The maximum absolute atomic E-state index is 12.2. The van der Waals surface area contributed by atoms with Crippen molar-refractivity contribution in [1.82, 2.24) is 4.90 Å². The molecule has 1 N–H and O–H groups in total. The van der Waals surface area contributed by atoms with Crippen molar-refractivity contribution in [3.05, 3.63) is 30.3 Å². The molecule has 0 aliphatic carbocycles. The highest BCUT2D eigenvalue weighted by Crippen LogP contribution is 2.20. The molecule has 0 aromatic heterocycles. The number of aliphatic hydroxyl groups excluding tert-OH is 1. The summed E-state index contributed by atoms with van der Waals surface area (Å²) in [4.78, 5) is 1.27. The number of sulfone groups is 1. The van der Waals surface area contributed by atoms with Crippen LogP contribution >= 0.6 is 0 Å². The van der Waals surface area contributed by atoms with E-state index in [-0.39, 0.29) is 17.2 Å². The van der Waals surface area contributed by atoms with Gasteiger partial charge in [0.05, 0.1) is 10.6 Å². The first-order valence-electron chi connectivity index (χ1n) is 5.84. The van der Waals surface area contributed by atoms with Gasteiger partial charge in [0.25, 0.3) is 0 Å². The van der Waals surface area contributed by atoms with Crippen molar-refractivity contribution in [3.8, 4) is 0 Å². The Labute approximate surface area is 115 Å². The van der Waals surface area contributed by atoms with Gasteiger partial charge in [0, 0.05) is 13.1 Å². The predicted octanol–water partition coefficient (Wildman–Crippen LogP) is 1.32. The lowest BCUT2D eigenvalue weighted by Gasteiger charge is -2.22. The van der Waals surface area contributed by atoms with E-state index in [9.17, 15) is 21.6 Å². The molecule has 1 aromatic carbocycles. The van der Waals surface area contributed by atoms with Crippen LogP contribution in [0, 0.1) is 0 Å². The number of likely N-dealkylation sites (N-methyl/N-ethyl adjacent to an activating group) is 1. The first-order chi connectivity index (χ1) is 9.13. The number of hydrogen-bond donors (Lipinski definition) is 1. The van der Waals surface area contributed by atoms with E-state index in [1.54, 1.807) is 18.2 Å². The van der Waals surface area contributed by atoms with Crippen LogP contribution in [0.2, 0.25) is 0 Å². The number of benzene rings is 1. The molecule has 4 nitrogen and oxygen atoms in total. The van der Waals surface area contributed by atoms with Crippen molar-refractivity contribution in [2.45, 2.75) is 17.2 Å². The molecule has 0 saturated carbocycles. The van der Waals surface area contributed by atoms with Gasteiger partial charge in [-0.05, 0) is 19.2 Å². The molecule has 1 unspecified atom stereocenters. The number of hydrogen-bond acceptors (Lipinski definition) is 4. The normalized spacial score (nSPS) is 14.5. The minimum Gasteiger partial charge on any atom is -0.382 e. The molecule has 1 atom stereocenters. The lowest BCUT2D eigenvalue weighted by atomic mass is 10.3. The van der Waals surface area contributed by atoms with E-state index < -0.39 is 28.7 Å². The van der Waals surface area contributed by atoms with Crippen molar-refractivity contribution in [2.75, 3.05) is 25.9 Å². The number of rotatable bonds is 6. The molecule has 0 heterocycles. The van der Waals surface area contributed by atoms with E-state index in [0.29, 0.717) is 0 Å². The highest BCUT2D eigenvalue weighted by atomic mass is 32.2. The Hall–Kier alpha value is -1.12. The second kappa shape index (κ2) is 6.55. The minimum absolute atomic E-state index is 0.0929. The summed E-state index contributed by atoms with van der Waals surface area (Å²) in [6, 6.07) is 7.68. The third kappa shape index (κ3) is 5.10. The minimum atomic E-state index is -4.70. The summed E-state index contributed by atoms with van der Waals surface area (Å²) in [5.74, 6) is -0.307. The van der Waals surface area contributed by atoms with Gasteiger partial charge in [0.15, 0.2) is 15.9 Å². The number of halogens is 3. The van der Waals surface area contributed by atoms with Gasteiger partial charge in [0.2, 0.25) is 0 Å². The molecule has 20 heavy (non-hydrogen) atoms. The molecule has 0 aliphatic rings. The van der Waals surface area contributed by atoms with Crippen molar-refractivity contribution in [3.63, 3.8) is 0 Å². The number of alkyl halides is 3. The van der Waals surface area contributed by atoms with Crippen LogP contribution in [0.1, 0.15) is 0 Å². The average molecular weight is 311 g/mol. The smallest absolute Gasteiger partial charge is 0.382 e. The third-order valence-corrected chi connectivity index (χ3v) is 4.42. The van der Waals surface area contributed by atoms with Gasteiger partial charge < -0.3 is 10.0 Å². The van der Waals surface area contributed by atoms with Crippen LogP contribution in [0.25, 0.3) is 0 Å². The molecular formula is C12H16F3NO3S. The van der Waals surface area contributed by atoms with Gasteiger partial charge in [-0.25, -0.2) is 8.42 Å². The van der Waals surface area contributed by atoms with Crippen LogP contribution in [0.15, 0.2) is 35.2 Å². The maximum Gasteiger partial charge on any atom is 0.415 e. The zero-order chi connectivity index (χ0) is 15.4. The molecule has 0 fully saturated rings. The summed E-state index contributed by atoms with van der Waals surface area (Å²) in [7, 11) is -2.20. The molecule has 1 rings (SSSR count). The van der Waals surface area contributed by atoms with Gasteiger partial charge in [-0.15, -0.1) is 0 Å². The third-order valence-electron chi connectivity index (χ3n) is 2.71. The molecule has 0 bridgehead atoms. The zero-order valence-corrected chi connectivity index (χ0v) is 11.7. The lowest BCUT2D eigenvalue weighted by Crippen LogP contribution is -2.40. The van der Waals surface area contributed by atoms with Gasteiger partial charge in [-0.1, -0.05) is 18.2 Å². The molecule has 0 aliphatic heterocycles. The Bertz CT molecular complexity index is 516. The molecule has 0 saturated heterocycles. The molecule has 0 radical (unpaired) electrons. The van der Waals surface area contributed by atoms with E-state index in [0.717, 1.165) is 4.90 Å². The van der Waals surface area contributed by atoms with Crippen LogP contribution in [-0.4, -0.2) is 56.6 Å². The van der Waals surface area contributed by atoms with E-state index in [1.165, 1.54) is 19.2 Å². The van der Waals surface area contributed by atoms with Crippen molar-refractivity contribution < 1.29 is 26.7 Å². The molecular weight excluding hydrogens is 295 g/mol. The Balaban J connectivity index is 2.55. The van der Waals surface area contributed by atoms with Crippen molar-refractivity contribution in [2.24, 2.45) is 0 Å². The van der Waals surface area contributed by atoms with E-state index in [4.69, 9.17) is 5.11 Å². The Morgan fingerprint density at radius 3 is 2.30 bits per heavy atom. The fourth-order valence-electron chi connectivity index (χ4n) is 1.51. The average Bonchev–Trinajstić information content (AvgIpc) is 2.36. The molecule has 0 amide bonds. The summed E-state index contributed by atoms with van der Waals surface area (Å²) >= 11 is 0. The predicted molar refractivity (Wildman–Crippen MR) is 68.1 cm³/mol. The summed E-state index contributed by atoms with van der Waals surface area (Å²) < 4.78 is 60.3. The SMILES string of the molecule is CN(CCS(=O)(=O)c1ccccc1)CC(O)C(F)(F)F. The Morgan fingerprint density at radius 1 is 1.25 bits per heavy atom. The highest BCUT2D eigenvalue weighted by molar-refractivity contribution is 7.91. The standard InChI is InChI=1S/C12H16F3NO3S/c1-16(9-11(17)12(13,14)15)7-8-20(18,19)10-5-3-2-4-6-10/h2-6,11,17H,7-9H2,1H3. The second-order valence-corrected chi connectivity index (χ2v) is 6.56. The summed E-state index contributed by atoms with van der Waals surface area (Å²) in [6.45, 7) is -0.752. The fraction of sp³-hybridized carbons (Fsp3) is 0.500. The second-order valence-electron chi connectivity index (χ2n) is 4.45. The summed E-state index contributed by atoms with van der Waals surface area (Å²) in [5.41, 5.74) is 0. The van der Waals surface area contributed by atoms with Crippen LogP contribution in [0.5, 0.6) is 0 Å². The summed E-state index contributed by atoms with van der Waals surface area (Å²) in [5, 5.41) is 8.89. The van der Waals surface area contributed by atoms with Gasteiger partial charge in [-0.3, -0.25) is 0 Å². The zero-order valence-electron chi connectivity index (χ0n) is 10.8. The van der Waals surface area contributed by atoms with Gasteiger partial charge in [0.1, 0.15) is 0 Å². The van der Waals surface area contributed by atoms with E-state index in [2.05, 4.69) is 0 Å². The van der Waals surface area contributed by atoms with Crippen LogP contribution in [0.4, 0.5) is 13.2 Å². The van der Waals surface area contributed by atoms with Crippen molar-refractivity contribution in [1.29, 1.82) is 0 Å². The van der Waals surface area contributed by atoms with Crippen LogP contribution in [0.3, 0.4) is 0 Å². The van der Waals surface area contributed by atoms with E-state index >= 15 is 0 Å². The van der Waals surface area contributed by atoms with Crippen LogP contribution < -0.4 is 0 Å². The van der Waals surface area contributed by atoms with Crippen LogP contribution in [-0.2, 0) is 9.84 Å². The molecule has 8 heteroatoms. The molecule has 114 valence electrons. The lowest BCUT2D eigenvalue weighted by molar-refractivity contribution is -0.207. The highest BCUT2D eigenvalue weighted by Gasteiger charge is 2.38. The topological polar surface area (TPSA) is 57.6 Å². The monoisotopic (exact) mass is 311 g/mol. The molecule has 1 aromatic rings. The number of nitrogens with zero attached hydrogens (tertiary/aromatic N) is 1. The Kier molecular flexibility index (Phi) is 5.55. The quantitative estimate of drug-likeness (QED) is 0.861. The fourth-order valence-corrected chi connectivity index (χ4v) is 2.87. The maximum atomic E-state index is 12.2. The first-order valence-corrected chi connectivity index (χ1v) is 7.49. The summed E-state index contributed by atoms with van der Waals surface area (Å²) in [6.07, 6.45) is -7.18. The van der Waals surface area contributed by atoms with Gasteiger partial charge >= 0.3 is 6.18 Å². The number of aliphatic hydroxyl groups is 1. The Morgan fingerprint density at radius 2 is 1.80 bits per heavy atom. The van der Waals surface area contributed by atoms with E-state index in [1.807, 2.05) is 0 Å². The molecule has 0 spiro atoms.